The molecule has 1 unspecified atom stereocenters. The Morgan fingerprint density at radius 2 is 2.35 bits per heavy atom. The molecule has 1 rings (SSSR count). The van der Waals surface area contributed by atoms with Crippen LogP contribution in [0, 0.1) is 0 Å². The van der Waals surface area contributed by atoms with Gasteiger partial charge in [-0.05, 0) is 19.4 Å². The molecule has 0 aliphatic heterocycles. The van der Waals surface area contributed by atoms with Crippen molar-refractivity contribution in [3.05, 3.63) is 24.3 Å². The number of nitrogens with zero attached hydrogens (tertiary/aromatic N) is 2. The van der Waals surface area contributed by atoms with E-state index in [0.29, 0.717) is 13.1 Å². The molecule has 0 aromatic carbocycles. The van der Waals surface area contributed by atoms with Crippen molar-refractivity contribution in [2.24, 2.45) is 0 Å². The number of nitrogens with one attached hydrogen (secondary N) is 2. The highest BCUT2D eigenvalue weighted by Crippen LogP contribution is 1.94. The van der Waals surface area contributed by atoms with Gasteiger partial charge in [0, 0.05) is 18.8 Å². The third-order valence-electron chi connectivity index (χ3n) is 2.36. The lowest BCUT2D eigenvalue weighted by Gasteiger charge is -2.12. The third-order valence-corrected chi connectivity index (χ3v) is 2.36. The van der Waals surface area contributed by atoms with Crippen molar-refractivity contribution in [2.45, 2.75) is 39.3 Å². The minimum Gasteiger partial charge on any atom is -0.353 e. The zero-order valence-corrected chi connectivity index (χ0v) is 10.4. The molecule has 0 aliphatic rings. The van der Waals surface area contributed by atoms with Crippen LogP contribution in [-0.2, 0) is 11.3 Å². The number of hydrogen-bond acceptors (Lipinski definition) is 4. The molecule has 1 aromatic rings. The van der Waals surface area contributed by atoms with Crippen molar-refractivity contribution < 1.29 is 4.79 Å². The molecule has 0 aliphatic carbocycles. The molecular weight excluding hydrogens is 216 g/mol. The van der Waals surface area contributed by atoms with E-state index < -0.39 is 0 Å². The molecule has 0 spiro atoms. The predicted molar refractivity (Wildman–Crippen MR) is 66.3 cm³/mol. The second kappa shape index (κ2) is 7.73. The maximum Gasteiger partial charge on any atom is 0.234 e. The largest absolute Gasteiger partial charge is 0.353 e. The molecule has 5 heteroatoms. The van der Waals surface area contributed by atoms with Gasteiger partial charge in [-0.2, -0.15) is 0 Å². The van der Waals surface area contributed by atoms with Crippen LogP contribution in [0.2, 0.25) is 0 Å². The number of carbonyl (C=O) groups is 1. The minimum absolute atomic E-state index is 0.0278. The van der Waals surface area contributed by atoms with E-state index in [4.69, 9.17) is 0 Å². The molecule has 0 saturated heterocycles. The van der Waals surface area contributed by atoms with Crippen molar-refractivity contribution in [3.8, 4) is 0 Å². The van der Waals surface area contributed by atoms with Crippen molar-refractivity contribution >= 4 is 5.91 Å². The first-order valence-corrected chi connectivity index (χ1v) is 5.97. The van der Waals surface area contributed by atoms with Crippen LogP contribution < -0.4 is 10.6 Å². The predicted octanol–water partition coefficient (Wildman–Crippen LogP) is 0.871. The van der Waals surface area contributed by atoms with Crippen molar-refractivity contribution in [2.75, 3.05) is 6.54 Å². The maximum absolute atomic E-state index is 11.5. The molecule has 0 fully saturated rings. The Morgan fingerprint density at radius 1 is 1.53 bits per heavy atom. The highest BCUT2D eigenvalue weighted by atomic mass is 16.1. The van der Waals surface area contributed by atoms with Crippen LogP contribution in [0.5, 0.6) is 0 Å². The van der Waals surface area contributed by atoms with Gasteiger partial charge in [0.15, 0.2) is 0 Å². The molecule has 0 radical (unpaired) electrons. The van der Waals surface area contributed by atoms with Crippen LogP contribution in [0.4, 0.5) is 0 Å². The van der Waals surface area contributed by atoms with Gasteiger partial charge >= 0.3 is 0 Å². The molecule has 0 bridgehead atoms. The van der Waals surface area contributed by atoms with Crippen LogP contribution in [0.15, 0.2) is 18.6 Å². The van der Waals surface area contributed by atoms with Gasteiger partial charge in [0.05, 0.1) is 12.2 Å². The Bertz CT molecular complexity index is 329. The molecule has 1 atom stereocenters. The Kier molecular flexibility index (Phi) is 6.17. The van der Waals surface area contributed by atoms with E-state index in [1.54, 1.807) is 6.20 Å². The quantitative estimate of drug-likeness (QED) is 0.737. The van der Waals surface area contributed by atoms with Gasteiger partial charge in [-0.3, -0.25) is 4.79 Å². The smallest absolute Gasteiger partial charge is 0.234 e. The highest BCUT2D eigenvalue weighted by Gasteiger charge is 2.05. The Hall–Kier alpha value is -1.49. The zero-order valence-electron chi connectivity index (χ0n) is 10.4. The summed E-state index contributed by atoms with van der Waals surface area (Å²) in [5.74, 6) is 0.0278. The van der Waals surface area contributed by atoms with Gasteiger partial charge in [0.25, 0.3) is 0 Å². The van der Waals surface area contributed by atoms with E-state index in [2.05, 4.69) is 27.5 Å². The standard InChI is InChI=1S/C12H20N4O/c1-3-4-10(2)16-12(17)8-14-7-11-5-6-13-9-15-11/h5-6,9-10,14H,3-4,7-8H2,1-2H3,(H,16,17). The summed E-state index contributed by atoms with van der Waals surface area (Å²) >= 11 is 0. The Labute approximate surface area is 102 Å². The summed E-state index contributed by atoms with van der Waals surface area (Å²) in [4.78, 5) is 19.4. The minimum atomic E-state index is 0.0278. The molecular formula is C12H20N4O. The van der Waals surface area contributed by atoms with E-state index in [-0.39, 0.29) is 11.9 Å². The van der Waals surface area contributed by atoms with Crippen molar-refractivity contribution in [1.29, 1.82) is 0 Å². The summed E-state index contributed by atoms with van der Waals surface area (Å²) in [5, 5.41) is 5.98. The van der Waals surface area contributed by atoms with E-state index in [9.17, 15) is 4.79 Å². The van der Waals surface area contributed by atoms with Crippen LogP contribution in [-0.4, -0.2) is 28.5 Å². The lowest BCUT2D eigenvalue weighted by molar-refractivity contribution is -0.120. The first-order valence-electron chi connectivity index (χ1n) is 5.97. The maximum atomic E-state index is 11.5. The average molecular weight is 236 g/mol. The zero-order chi connectivity index (χ0) is 12.5. The van der Waals surface area contributed by atoms with E-state index >= 15 is 0 Å². The van der Waals surface area contributed by atoms with Crippen LogP contribution >= 0.6 is 0 Å². The monoisotopic (exact) mass is 236 g/mol. The average Bonchev–Trinajstić information content (AvgIpc) is 2.30. The Morgan fingerprint density at radius 3 is 3.00 bits per heavy atom. The fourth-order valence-corrected chi connectivity index (χ4v) is 1.56. The van der Waals surface area contributed by atoms with Crippen LogP contribution in [0.3, 0.4) is 0 Å². The molecule has 17 heavy (non-hydrogen) atoms. The summed E-state index contributed by atoms with van der Waals surface area (Å²) < 4.78 is 0. The fourth-order valence-electron chi connectivity index (χ4n) is 1.56. The molecule has 1 aromatic heterocycles. The Balaban J connectivity index is 2.16. The van der Waals surface area contributed by atoms with E-state index in [1.165, 1.54) is 6.33 Å². The molecule has 1 heterocycles. The molecule has 0 saturated carbocycles. The third kappa shape index (κ3) is 5.97. The second-order valence-electron chi connectivity index (χ2n) is 4.06. The van der Waals surface area contributed by atoms with Gasteiger partial charge in [0.1, 0.15) is 6.33 Å². The van der Waals surface area contributed by atoms with Gasteiger partial charge in [-0.25, -0.2) is 9.97 Å². The molecule has 94 valence electrons. The van der Waals surface area contributed by atoms with Crippen molar-refractivity contribution in [1.82, 2.24) is 20.6 Å². The van der Waals surface area contributed by atoms with Gasteiger partial charge in [0.2, 0.25) is 5.91 Å². The lowest BCUT2D eigenvalue weighted by Crippen LogP contribution is -2.38. The second-order valence-corrected chi connectivity index (χ2v) is 4.06. The van der Waals surface area contributed by atoms with Crippen molar-refractivity contribution in [3.63, 3.8) is 0 Å². The van der Waals surface area contributed by atoms with E-state index in [0.717, 1.165) is 18.5 Å². The topological polar surface area (TPSA) is 66.9 Å². The van der Waals surface area contributed by atoms with Gasteiger partial charge in [-0.15, -0.1) is 0 Å². The van der Waals surface area contributed by atoms with Crippen LogP contribution in [0.1, 0.15) is 32.4 Å². The summed E-state index contributed by atoms with van der Waals surface area (Å²) in [5.41, 5.74) is 0.884. The molecule has 5 nitrogen and oxygen atoms in total. The fraction of sp³-hybridized carbons (Fsp3) is 0.583. The number of rotatable bonds is 7. The van der Waals surface area contributed by atoms with E-state index in [1.807, 2.05) is 13.0 Å². The summed E-state index contributed by atoms with van der Waals surface area (Å²) in [6.07, 6.45) is 5.28. The molecule has 2 N–H and O–H groups in total. The summed E-state index contributed by atoms with van der Waals surface area (Å²) in [6.45, 7) is 5.03. The first-order chi connectivity index (χ1) is 8.22. The summed E-state index contributed by atoms with van der Waals surface area (Å²) in [7, 11) is 0. The number of amides is 1. The normalized spacial score (nSPS) is 12.1. The summed E-state index contributed by atoms with van der Waals surface area (Å²) in [6, 6.07) is 2.07. The van der Waals surface area contributed by atoms with Gasteiger partial charge in [-0.1, -0.05) is 13.3 Å². The van der Waals surface area contributed by atoms with Gasteiger partial charge < -0.3 is 10.6 Å². The van der Waals surface area contributed by atoms with Crippen LogP contribution in [0.25, 0.3) is 0 Å². The number of aromatic nitrogens is 2. The first kappa shape index (κ1) is 13.6. The highest BCUT2D eigenvalue weighted by molar-refractivity contribution is 5.78. The lowest BCUT2D eigenvalue weighted by atomic mass is 10.2. The molecule has 1 amide bonds. The number of carbonyl (C=O) groups excluding carboxylic acids is 1. The number of hydrogen-bond donors (Lipinski definition) is 2. The SMILES string of the molecule is CCCC(C)NC(=O)CNCc1ccncn1.